The normalized spacial score (nSPS) is 14.7. The molecule has 39 heavy (non-hydrogen) atoms. The minimum absolute atomic E-state index is 0.00845. The first-order valence-corrected chi connectivity index (χ1v) is 15.3. The fourth-order valence-electron chi connectivity index (χ4n) is 4.44. The molecule has 0 unspecified atom stereocenters. The van der Waals surface area contributed by atoms with Gasteiger partial charge in [-0.3, -0.25) is 9.69 Å². The van der Waals surface area contributed by atoms with Crippen molar-refractivity contribution in [1.82, 2.24) is 14.7 Å². The molecule has 1 aliphatic rings. The summed E-state index contributed by atoms with van der Waals surface area (Å²) >= 11 is 6.98. The van der Waals surface area contributed by atoms with E-state index in [0.717, 1.165) is 47.5 Å². The Morgan fingerprint density at radius 3 is 2.44 bits per heavy atom. The number of unbranched alkanes of at least 4 members (excludes halogenated alkanes) is 5. The highest BCUT2D eigenvalue weighted by atomic mass is 32.2. The van der Waals surface area contributed by atoms with Crippen LogP contribution in [0.2, 0.25) is 0 Å². The summed E-state index contributed by atoms with van der Waals surface area (Å²) in [4.78, 5) is 15.7. The molecule has 2 heterocycles. The molecule has 1 fully saturated rings. The minimum atomic E-state index is -0.00845. The number of hydrogen-bond donors (Lipinski definition) is 0. The minimum Gasteiger partial charge on any atom is -0.494 e. The third-order valence-electron chi connectivity index (χ3n) is 6.75. The predicted octanol–water partition coefficient (Wildman–Crippen LogP) is 8.53. The van der Waals surface area contributed by atoms with E-state index in [4.69, 9.17) is 22.1 Å². The third-order valence-corrected chi connectivity index (χ3v) is 8.13. The molecule has 0 N–H and O–H groups in total. The van der Waals surface area contributed by atoms with Crippen LogP contribution in [0.3, 0.4) is 0 Å². The maximum atomic E-state index is 13.3. The fraction of sp³-hybridized carbons (Fsp3) is 0.406. The molecule has 0 aliphatic carbocycles. The number of carbonyl (C=O) groups is 1. The van der Waals surface area contributed by atoms with Gasteiger partial charge in [0.15, 0.2) is 0 Å². The van der Waals surface area contributed by atoms with Gasteiger partial charge in [-0.05, 0) is 61.2 Å². The van der Waals surface area contributed by atoms with Gasteiger partial charge in [0.2, 0.25) is 0 Å². The Bertz CT molecular complexity index is 1270. The molecule has 2 aromatic carbocycles. The van der Waals surface area contributed by atoms with Crippen molar-refractivity contribution in [3.8, 4) is 22.7 Å². The van der Waals surface area contributed by atoms with Gasteiger partial charge in [-0.25, -0.2) is 4.68 Å². The van der Waals surface area contributed by atoms with Crippen LogP contribution in [-0.4, -0.2) is 38.1 Å². The Kier molecular flexibility index (Phi) is 10.8. The zero-order valence-corrected chi connectivity index (χ0v) is 24.9. The maximum Gasteiger partial charge on any atom is 0.266 e. The highest BCUT2D eigenvalue weighted by Gasteiger charge is 2.32. The van der Waals surface area contributed by atoms with E-state index >= 15 is 0 Å². The van der Waals surface area contributed by atoms with Crippen molar-refractivity contribution in [2.24, 2.45) is 5.92 Å². The summed E-state index contributed by atoms with van der Waals surface area (Å²) < 4.78 is 8.42. The standard InChI is InChI=1S/C32H39N3O2S2/c1-4-5-6-7-8-12-20-34-31(36)29(39-32(34)38)22-26-23-35(27-13-10-9-11-14-27)33-30(26)25-15-17-28(18-16-25)37-21-19-24(2)3/h9-11,13-18,22-24H,4-8,12,19-21H2,1-3H3. The van der Waals surface area contributed by atoms with Crippen LogP contribution in [0, 0.1) is 5.92 Å². The zero-order chi connectivity index (χ0) is 27.6. The largest absolute Gasteiger partial charge is 0.494 e. The summed E-state index contributed by atoms with van der Waals surface area (Å²) in [6.45, 7) is 7.99. The number of thiocarbonyl (C=S) groups is 1. The fourth-order valence-corrected chi connectivity index (χ4v) is 5.74. The molecule has 206 valence electrons. The number of carbonyl (C=O) groups excluding carboxylic acids is 1. The van der Waals surface area contributed by atoms with E-state index in [2.05, 4.69) is 20.8 Å². The van der Waals surface area contributed by atoms with Crippen LogP contribution in [-0.2, 0) is 4.79 Å². The van der Waals surface area contributed by atoms with Crippen molar-refractivity contribution in [3.63, 3.8) is 0 Å². The van der Waals surface area contributed by atoms with E-state index in [-0.39, 0.29) is 5.91 Å². The van der Waals surface area contributed by atoms with Crippen molar-refractivity contribution in [1.29, 1.82) is 0 Å². The zero-order valence-electron chi connectivity index (χ0n) is 23.3. The molecule has 0 bridgehead atoms. The maximum absolute atomic E-state index is 13.3. The van der Waals surface area contributed by atoms with Crippen LogP contribution in [0.15, 0.2) is 65.7 Å². The summed E-state index contributed by atoms with van der Waals surface area (Å²) in [5.74, 6) is 1.44. The molecule has 1 aliphatic heterocycles. The molecule has 0 radical (unpaired) electrons. The number of rotatable bonds is 14. The van der Waals surface area contributed by atoms with Gasteiger partial charge in [-0.15, -0.1) is 0 Å². The van der Waals surface area contributed by atoms with Crippen LogP contribution in [0.1, 0.15) is 71.3 Å². The number of ether oxygens (including phenoxy) is 1. The Hall–Kier alpha value is -2.90. The first kappa shape index (κ1) is 29.1. The quantitative estimate of drug-likeness (QED) is 0.112. The average Bonchev–Trinajstić information content (AvgIpc) is 3.47. The molecule has 1 saturated heterocycles. The lowest BCUT2D eigenvalue weighted by Crippen LogP contribution is -2.29. The molecule has 1 amide bonds. The summed E-state index contributed by atoms with van der Waals surface area (Å²) in [6, 6.07) is 18.1. The van der Waals surface area contributed by atoms with Crippen molar-refractivity contribution >= 4 is 40.3 Å². The van der Waals surface area contributed by atoms with Gasteiger partial charge in [0.25, 0.3) is 5.91 Å². The first-order chi connectivity index (χ1) is 19.0. The second kappa shape index (κ2) is 14.5. The van der Waals surface area contributed by atoms with Crippen molar-refractivity contribution in [2.45, 2.75) is 65.7 Å². The molecular formula is C32H39N3O2S2. The Morgan fingerprint density at radius 2 is 1.72 bits per heavy atom. The van der Waals surface area contributed by atoms with Gasteiger partial charge in [-0.2, -0.15) is 5.10 Å². The van der Waals surface area contributed by atoms with Crippen LogP contribution in [0.5, 0.6) is 5.75 Å². The SMILES string of the molecule is CCCCCCCCN1C(=O)C(=Cc2cn(-c3ccccc3)nc2-c2ccc(OCCC(C)C)cc2)SC1=S. The summed E-state index contributed by atoms with van der Waals surface area (Å²) in [5.41, 5.74) is 3.62. The first-order valence-electron chi connectivity index (χ1n) is 14.1. The lowest BCUT2D eigenvalue weighted by atomic mass is 10.1. The van der Waals surface area contributed by atoms with Gasteiger partial charge in [0.05, 0.1) is 22.9 Å². The number of hydrogen-bond acceptors (Lipinski definition) is 5. The number of nitrogens with zero attached hydrogens (tertiary/aromatic N) is 3. The summed E-state index contributed by atoms with van der Waals surface area (Å²) in [5, 5.41) is 4.92. The van der Waals surface area contributed by atoms with Gasteiger partial charge >= 0.3 is 0 Å². The highest BCUT2D eigenvalue weighted by Crippen LogP contribution is 2.35. The van der Waals surface area contributed by atoms with E-state index in [1.165, 1.54) is 37.4 Å². The molecule has 3 aromatic rings. The molecule has 5 nitrogen and oxygen atoms in total. The van der Waals surface area contributed by atoms with Crippen LogP contribution >= 0.6 is 24.0 Å². The summed E-state index contributed by atoms with van der Waals surface area (Å²) in [7, 11) is 0. The topological polar surface area (TPSA) is 47.4 Å². The van der Waals surface area contributed by atoms with Crippen LogP contribution in [0.25, 0.3) is 23.0 Å². The molecular weight excluding hydrogens is 523 g/mol. The Labute approximate surface area is 242 Å². The lowest BCUT2D eigenvalue weighted by molar-refractivity contribution is -0.122. The van der Waals surface area contributed by atoms with Gasteiger partial charge in [-0.1, -0.05) is 95.1 Å². The molecule has 0 spiro atoms. The van der Waals surface area contributed by atoms with Crippen LogP contribution in [0.4, 0.5) is 0 Å². The molecule has 4 rings (SSSR count). The van der Waals surface area contributed by atoms with Crippen LogP contribution < -0.4 is 4.74 Å². The van der Waals surface area contributed by atoms with E-state index in [1.54, 1.807) is 4.90 Å². The predicted molar refractivity (Wildman–Crippen MR) is 167 cm³/mol. The number of aromatic nitrogens is 2. The number of thioether (sulfide) groups is 1. The molecule has 1 aromatic heterocycles. The molecule has 7 heteroatoms. The average molecular weight is 562 g/mol. The van der Waals surface area contributed by atoms with E-state index in [1.807, 2.05) is 71.6 Å². The highest BCUT2D eigenvalue weighted by molar-refractivity contribution is 8.26. The monoisotopic (exact) mass is 561 g/mol. The summed E-state index contributed by atoms with van der Waals surface area (Å²) in [6.07, 6.45) is 12.0. The molecule has 0 saturated carbocycles. The second-order valence-corrected chi connectivity index (χ2v) is 12.0. The number of benzene rings is 2. The second-order valence-electron chi connectivity index (χ2n) is 10.4. The van der Waals surface area contributed by atoms with Crippen molar-refractivity contribution in [3.05, 3.63) is 71.3 Å². The third kappa shape index (κ3) is 8.05. The Morgan fingerprint density at radius 1 is 1.00 bits per heavy atom. The van der Waals surface area contributed by atoms with Gasteiger partial charge in [0, 0.05) is 23.9 Å². The van der Waals surface area contributed by atoms with E-state index < -0.39 is 0 Å². The Balaban J connectivity index is 1.55. The number of amides is 1. The lowest BCUT2D eigenvalue weighted by Gasteiger charge is -2.14. The van der Waals surface area contributed by atoms with Crippen molar-refractivity contribution < 1.29 is 9.53 Å². The van der Waals surface area contributed by atoms with Crippen molar-refractivity contribution in [2.75, 3.05) is 13.2 Å². The smallest absolute Gasteiger partial charge is 0.266 e. The van der Waals surface area contributed by atoms with E-state index in [0.29, 0.717) is 28.3 Å². The van der Waals surface area contributed by atoms with Gasteiger partial charge < -0.3 is 4.74 Å². The van der Waals surface area contributed by atoms with Gasteiger partial charge in [0.1, 0.15) is 10.1 Å². The number of para-hydroxylation sites is 1. The molecule has 0 atom stereocenters. The van der Waals surface area contributed by atoms with E-state index in [9.17, 15) is 4.79 Å².